The molecule has 25 heavy (non-hydrogen) atoms. The smallest absolute Gasteiger partial charge is 0.272 e. The number of amides is 3. The van der Waals surface area contributed by atoms with Crippen LogP contribution in [0.25, 0.3) is 0 Å². The van der Waals surface area contributed by atoms with Gasteiger partial charge in [0, 0.05) is 30.4 Å². The van der Waals surface area contributed by atoms with E-state index >= 15 is 0 Å². The lowest BCUT2D eigenvalue weighted by molar-refractivity contribution is -0.124. The van der Waals surface area contributed by atoms with E-state index in [9.17, 15) is 14.4 Å². The lowest BCUT2D eigenvalue weighted by Crippen LogP contribution is -2.54. The maximum Gasteiger partial charge on any atom is 0.272 e. The first-order valence-electron chi connectivity index (χ1n) is 7.56. The molecule has 0 aliphatic carbocycles. The minimum Gasteiger partial charge on any atom is -0.339 e. The van der Waals surface area contributed by atoms with Gasteiger partial charge in [0.15, 0.2) is 0 Å². The van der Waals surface area contributed by atoms with Crippen LogP contribution >= 0.6 is 0 Å². The van der Waals surface area contributed by atoms with Gasteiger partial charge in [-0.3, -0.25) is 35.2 Å². The molecule has 0 bridgehead atoms. The number of hydrogen-bond donors (Lipinski definition) is 3. The molecule has 2 rings (SSSR count). The Hall–Kier alpha value is -3.36. The van der Waals surface area contributed by atoms with Crippen molar-refractivity contribution in [3.05, 3.63) is 54.4 Å². The molecule has 3 amide bonds. The quantitative estimate of drug-likeness (QED) is 0.661. The van der Waals surface area contributed by atoms with E-state index in [0.29, 0.717) is 5.56 Å². The van der Waals surface area contributed by atoms with Crippen molar-refractivity contribution < 1.29 is 14.4 Å². The molecule has 0 aromatic carbocycles. The van der Waals surface area contributed by atoms with E-state index in [1.165, 1.54) is 43.1 Å². The van der Waals surface area contributed by atoms with Crippen LogP contribution in [0.1, 0.15) is 34.7 Å². The van der Waals surface area contributed by atoms with Crippen LogP contribution in [0.5, 0.6) is 0 Å². The first kappa shape index (κ1) is 18.0. The Morgan fingerprint density at radius 1 is 0.920 bits per heavy atom. The summed E-state index contributed by atoms with van der Waals surface area (Å²) in [6.45, 7) is 3.54. The predicted octanol–water partition coefficient (Wildman–Crippen LogP) is 0.0872. The van der Waals surface area contributed by atoms with Gasteiger partial charge in [0.1, 0.15) is 11.7 Å². The summed E-state index contributed by atoms with van der Waals surface area (Å²) in [5, 5.41) is 2.58. The fourth-order valence-corrected chi connectivity index (χ4v) is 1.94. The number of nitrogens with one attached hydrogen (secondary N) is 3. The Morgan fingerprint density at radius 3 is 2.24 bits per heavy atom. The van der Waals surface area contributed by atoms with E-state index in [1.807, 2.05) is 0 Å². The topological polar surface area (TPSA) is 126 Å². The minimum absolute atomic E-state index is 0.0989. The van der Waals surface area contributed by atoms with Crippen molar-refractivity contribution >= 4 is 17.7 Å². The van der Waals surface area contributed by atoms with E-state index < -0.39 is 23.8 Å². The van der Waals surface area contributed by atoms with Gasteiger partial charge < -0.3 is 5.32 Å². The molecule has 130 valence electrons. The van der Waals surface area contributed by atoms with Crippen LogP contribution in [0.2, 0.25) is 0 Å². The monoisotopic (exact) mass is 342 g/mol. The summed E-state index contributed by atoms with van der Waals surface area (Å²) >= 11 is 0. The summed E-state index contributed by atoms with van der Waals surface area (Å²) < 4.78 is 0. The Balaban J connectivity index is 1.96. The van der Waals surface area contributed by atoms with Crippen LogP contribution in [-0.2, 0) is 4.79 Å². The molecule has 0 aliphatic heterocycles. The number of pyridine rings is 1. The molecular formula is C16H18N6O3. The number of nitrogens with zero attached hydrogens (tertiary/aromatic N) is 3. The van der Waals surface area contributed by atoms with Crippen molar-refractivity contribution in [1.82, 2.24) is 31.1 Å². The van der Waals surface area contributed by atoms with Crippen molar-refractivity contribution in [3.8, 4) is 0 Å². The number of hydrogen-bond acceptors (Lipinski definition) is 6. The third kappa shape index (κ3) is 5.06. The number of rotatable bonds is 5. The average Bonchev–Trinajstić information content (AvgIpc) is 2.64. The van der Waals surface area contributed by atoms with E-state index in [-0.39, 0.29) is 11.6 Å². The molecule has 0 radical (unpaired) electrons. The van der Waals surface area contributed by atoms with Gasteiger partial charge in [0.25, 0.3) is 17.7 Å². The molecule has 2 aromatic heterocycles. The lowest BCUT2D eigenvalue weighted by Gasteiger charge is -2.21. The molecule has 9 heteroatoms. The van der Waals surface area contributed by atoms with E-state index in [2.05, 4.69) is 31.1 Å². The zero-order chi connectivity index (χ0) is 18.2. The zero-order valence-electron chi connectivity index (χ0n) is 13.8. The van der Waals surface area contributed by atoms with Crippen LogP contribution in [-0.4, -0.2) is 38.7 Å². The number of aromatic nitrogens is 3. The average molecular weight is 342 g/mol. The summed E-state index contributed by atoms with van der Waals surface area (Å²) in [6.07, 6.45) is 7.06. The first-order valence-corrected chi connectivity index (χ1v) is 7.56. The molecule has 0 saturated heterocycles. The Kier molecular flexibility index (Phi) is 6.10. The molecule has 1 atom stereocenters. The van der Waals surface area contributed by atoms with Crippen molar-refractivity contribution in [2.24, 2.45) is 5.92 Å². The fraction of sp³-hybridized carbons (Fsp3) is 0.250. The van der Waals surface area contributed by atoms with Gasteiger partial charge in [0.05, 0.1) is 6.20 Å². The highest BCUT2D eigenvalue weighted by molar-refractivity contribution is 5.98. The molecule has 2 aromatic rings. The van der Waals surface area contributed by atoms with Gasteiger partial charge in [-0.05, 0) is 18.1 Å². The van der Waals surface area contributed by atoms with Crippen LogP contribution in [0, 0.1) is 5.92 Å². The van der Waals surface area contributed by atoms with Crippen molar-refractivity contribution in [2.45, 2.75) is 19.9 Å². The lowest BCUT2D eigenvalue weighted by atomic mass is 10.0. The second kappa shape index (κ2) is 8.48. The van der Waals surface area contributed by atoms with Crippen LogP contribution in [0.3, 0.4) is 0 Å². The number of hydrazine groups is 1. The predicted molar refractivity (Wildman–Crippen MR) is 88.0 cm³/mol. The summed E-state index contributed by atoms with van der Waals surface area (Å²) in [4.78, 5) is 47.9. The molecule has 9 nitrogen and oxygen atoms in total. The zero-order valence-corrected chi connectivity index (χ0v) is 13.8. The van der Waals surface area contributed by atoms with Gasteiger partial charge in [-0.25, -0.2) is 4.98 Å². The molecular weight excluding hydrogens is 324 g/mol. The van der Waals surface area contributed by atoms with Gasteiger partial charge in [-0.2, -0.15) is 0 Å². The maximum atomic E-state index is 12.3. The third-order valence-electron chi connectivity index (χ3n) is 3.27. The maximum absolute atomic E-state index is 12.3. The second-order valence-corrected chi connectivity index (χ2v) is 5.47. The summed E-state index contributed by atoms with van der Waals surface area (Å²) in [5.41, 5.74) is 5.06. The fourth-order valence-electron chi connectivity index (χ4n) is 1.94. The minimum atomic E-state index is -0.854. The molecule has 0 fully saturated rings. The summed E-state index contributed by atoms with van der Waals surface area (Å²) in [6, 6.07) is 2.17. The van der Waals surface area contributed by atoms with Gasteiger partial charge in [-0.1, -0.05) is 13.8 Å². The standard InChI is InChI=1S/C16H18N6O3/c1-10(2)13(20-15(24)12-9-18-7-8-19-12)16(25)22-21-14(23)11-3-5-17-6-4-11/h3-10,13H,1-2H3,(H,20,24)(H,21,23)(H,22,25). The summed E-state index contributed by atoms with van der Waals surface area (Å²) in [5.74, 6) is -1.77. The molecule has 0 aliphatic rings. The van der Waals surface area contributed by atoms with Crippen molar-refractivity contribution in [3.63, 3.8) is 0 Å². The van der Waals surface area contributed by atoms with Crippen LogP contribution < -0.4 is 16.2 Å². The molecule has 3 N–H and O–H groups in total. The van der Waals surface area contributed by atoms with Gasteiger partial charge in [0.2, 0.25) is 0 Å². The third-order valence-corrected chi connectivity index (χ3v) is 3.27. The van der Waals surface area contributed by atoms with E-state index in [1.54, 1.807) is 13.8 Å². The Morgan fingerprint density at radius 2 is 1.64 bits per heavy atom. The van der Waals surface area contributed by atoms with Crippen molar-refractivity contribution in [1.29, 1.82) is 0 Å². The highest BCUT2D eigenvalue weighted by atomic mass is 16.2. The number of carbonyl (C=O) groups excluding carboxylic acids is 3. The molecule has 2 heterocycles. The Labute approximate surface area is 144 Å². The first-order chi connectivity index (χ1) is 12.0. The van der Waals surface area contributed by atoms with E-state index in [4.69, 9.17) is 0 Å². The van der Waals surface area contributed by atoms with Crippen LogP contribution in [0.4, 0.5) is 0 Å². The SMILES string of the molecule is CC(C)C(NC(=O)c1cnccn1)C(=O)NNC(=O)c1ccncc1. The second-order valence-electron chi connectivity index (χ2n) is 5.47. The molecule has 1 unspecified atom stereocenters. The van der Waals surface area contributed by atoms with Crippen molar-refractivity contribution in [2.75, 3.05) is 0 Å². The summed E-state index contributed by atoms with van der Waals surface area (Å²) in [7, 11) is 0. The normalized spacial score (nSPS) is 11.5. The highest BCUT2D eigenvalue weighted by Gasteiger charge is 2.25. The van der Waals surface area contributed by atoms with Crippen LogP contribution in [0.15, 0.2) is 43.1 Å². The van der Waals surface area contributed by atoms with Gasteiger partial charge in [-0.15, -0.1) is 0 Å². The number of carbonyl (C=O) groups is 3. The molecule has 0 saturated carbocycles. The molecule has 0 spiro atoms. The van der Waals surface area contributed by atoms with E-state index in [0.717, 1.165) is 0 Å². The largest absolute Gasteiger partial charge is 0.339 e. The highest BCUT2D eigenvalue weighted by Crippen LogP contribution is 2.03. The Bertz CT molecular complexity index is 736. The van der Waals surface area contributed by atoms with Gasteiger partial charge >= 0.3 is 0 Å².